The molecule has 1 nitrogen and oxygen atoms in total. The zero-order chi connectivity index (χ0) is 5.70. The van der Waals surface area contributed by atoms with Gasteiger partial charge in [-0.3, -0.25) is 0 Å². The molecule has 2 heteroatoms. The van der Waals surface area contributed by atoms with Gasteiger partial charge in [-0.15, -0.1) is 0 Å². The van der Waals surface area contributed by atoms with Crippen molar-refractivity contribution in [1.82, 2.24) is 5.32 Å². The van der Waals surface area contributed by atoms with E-state index >= 15 is 0 Å². The van der Waals surface area contributed by atoms with Gasteiger partial charge in [-0.05, 0) is 12.8 Å². The largest absolute Gasteiger partial charge is 0.311 e. The Morgan fingerprint density at radius 2 is 2.29 bits per heavy atom. The third-order valence-electron chi connectivity index (χ3n) is 0.757. The Morgan fingerprint density at radius 1 is 1.71 bits per heavy atom. The predicted octanol–water partition coefficient (Wildman–Crippen LogP) is 0.884. The lowest BCUT2D eigenvalue weighted by Crippen LogP contribution is -2.05. The molecule has 0 saturated carbocycles. The fraction of sp³-hybridized carbons (Fsp3) is 0.800. The summed E-state index contributed by atoms with van der Waals surface area (Å²) in [6, 6.07) is 0. The molecule has 0 fully saturated rings. The Kier molecular flexibility index (Phi) is 4.45. The van der Waals surface area contributed by atoms with Crippen molar-refractivity contribution in [3.05, 3.63) is 0 Å². The van der Waals surface area contributed by atoms with Crippen LogP contribution in [0.1, 0.15) is 6.92 Å². The molecule has 44 valence electrons. The molecule has 0 bridgehead atoms. The van der Waals surface area contributed by atoms with E-state index in [2.05, 4.69) is 18.1 Å². The van der Waals surface area contributed by atoms with Gasteiger partial charge in [-0.1, -0.05) is 12.8 Å². The average molecular weight is 119 g/mol. The first-order chi connectivity index (χ1) is 3.31. The lowest BCUT2D eigenvalue weighted by Gasteiger charge is -1.99. The second-order valence-corrected chi connectivity index (χ2v) is 3.49. The molecule has 1 unspecified atom stereocenters. The maximum atomic E-state index is 3.91. The molecule has 0 aliphatic carbocycles. The molecule has 0 heterocycles. The van der Waals surface area contributed by atoms with Gasteiger partial charge >= 0.3 is 0 Å². The highest BCUT2D eigenvalue weighted by atomic mass is 32.2. The molecule has 0 aliphatic rings. The van der Waals surface area contributed by atoms with Crippen LogP contribution in [0.2, 0.25) is 0 Å². The van der Waals surface area contributed by atoms with Crippen molar-refractivity contribution in [2.75, 3.05) is 18.7 Å². The second-order valence-electron chi connectivity index (χ2n) is 1.40. The van der Waals surface area contributed by atoms with E-state index in [-0.39, 0.29) is 0 Å². The van der Waals surface area contributed by atoms with Crippen LogP contribution in [-0.2, 0) is 0 Å². The molecular formula is C5H13NS. The Morgan fingerprint density at radius 3 is 2.43 bits per heavy atom. The molecule has 7 heavy (non-hydrogen) atoms. The number of rotatable bonds is 3. The molecule has 0 spiro atoms. The molecule has 1 N–H and O–H groups in total. The Balaban J connectivity index is 3.00. The number of hydrogen-bond acceptors (Lipinski definition) is 1. The summed E-state index contributed by atoms with van der Waals surface area (Å²) in [5, 5.41) is 3.07. The number of hydrogen-bond donors (Lipinski definition) is 1. The minimum atomic E-state index is 0.362. The molecule has 0 aromatic heterocycles. The summed E-state index contributed by atoms with van der Waals surface area (Å²) in [5.74, 6) is 6.17. The first-order valence-corrected chi connectivity index (χ1v) is 4.16. The second kappa shape index (κ2) is 4.34. The zero-order valence-electron chi connectivity index (χ0n) is 5.03. The predicted molar refractivity (Wildman–Crippen MR) is 39.2 cm³/mol. The Bertz CT molecular complexity index is 61.1. The summed E-state index contributed by atoms with van der Waals surface area (Å²) in [7, 11) is 2.32. The average Bonchev–Trinajstić information content (AvgIpc) is 1.68. The highest BCUT2D eigenvalue weighted by Crippen LogP contribution is 2.02. The third kappa shape index (κ3) is 4.02. The highest BCUT2D eigenvalue weighted by molar-refractivity contribution is 8.14. The van der Waals surface area contributed by atoms with Crippen molar-refractivity contribution < 1.29 is 0 Å². The van der Waals surface area contributed by atoms with Crippen molar-refractivity contribution in [3.8, 4) is 0 Å². The van der Waals surface area contributed by atoms with Crippen LogP contribution in [0.4, 0.5) is 0 Å². The van der Waals surface area contributed by atoms with Gasteiger partial charge in [-0.2, -0.15) is 10.5 Å². The van der Waals surface area contributed by atoms with Crippen LogP contribution >= 0.6 is 10.5 Å². The fourth-order valence-electron chi connectivity index (χ4n) is 0.306. The molecule has 0 aromatic rings. The van der Waals surface area contributed by atoms with Crippen molar-refractivity contribution in [3.63, 3.8) is 0 Å². The Hall–Kier alpha value is 0.180. The monoisotopic (exact) mass is 119 g/mol. The minimum absolute atomic E-state index is 0.362. The number of nitrogens with one attached hydrogen (secondary N) is 1. The lowest BCUT2D eigenvalue weighted by molar-refractivity contribution is 0.981. The molecule has 0 radical (unpaired) electrons. The molecule has 1 atom stereocenters. The molecule has 0 aliphatic heterocycles. The first-order valence-electron chi connectivity index (χ1n) is 2.43. The maximum absolute atomic E-state index is 3.91. The SMILES string of the molecule is C=S(CC)CNC. The maximum Gasteiger partial charge on any atom is 0.0360 e. The van der Waals surface area contributed by atoms with E-state index in [0.717, 1.165) is 5.88 Å². The molecule has 0 saturated heterocycles. The van der Waals surface area contributed by atoms with Gasteiger partial charge in [0, 0.05) is 5.88 Å². The van der Waals surface area contributed by atoms with Gasteiger partial charge in [0.25, 0.3) is 0 Å². The van der Waals surface area contributed by atoms with Crippen molar-refractivity contribution >= 4 is 16.4 Å². The zero-order valence-corrected chi connectivity index (χ0v) is 5.85. The van der Waals surface area contributed by atoms with E-state index in [9.17, 15) is 0 Å². The Labute approximate surface area is 48.0 Å². The van der Waals surface area contributed by atoms with E-state index in [1.807, 2.05) is 7.05 Å². The van der Waals surface area contributed by atoms with Gasteiger partial charge in [-0.25, -0.2) is 0 Å². The van der Waals surface area contributed by atoms with Crippen LogP contribution in [0.5, 0.6) is 0 Å². The van der Waals surface area contributed by atoms with E-state index in [1.54, 1.807) is 0 Å². The summed E-state index contributed by atoms with van der Waals surface area (Å²) in [4.78, 5) is 0. The quantitative estimate of drug-likeness (QED) is 0.544. The van der Waals surface area contributed by atoms with Crippen molar-refractivity contribution in [2.24, 2.45) is 0 Å². The van der Waals surface area contributed by atoms with Crippen molar-refractivity contribution in [2.45, 2.75) is 6.92 Å². The van der Waals surface area contributed by atoms with Crippen LogP contribution in [0.25, 0.3) is 0 Å². The molecule has 0 aromatic carbocycles. The lowest BCUT2D eigenvalue weighted by atomic mass is 11.0. The third-order valence-corrected chi connectivity index (χ3v) is 2.27. The summed E-state index contributed by atoms with van der Waals surface area (Å²) < 4.78 is 0. The smallest absolute Gasteiger partial charge is 0.0360 e. The standard InChI is InChI=1S/C5H13NS/c1-4-7(3)5-6-2/h6H,3-5H2,1-2H3. The van der Waals surface area contributed by atoms with Gasteiger partial charge in [0.2, 0.25) is 0 Å². The molecule has 0 amide bonds. The van der Waals surface area contributed by atoms with E-state index in [1.165, 1.54) is 5.75 Å². The molecular weight excluding hydrogens is 106 g/mol. The van der Waals surface area contributed by atoms with Gasteiger partial charge < -0.3 is 5.32 Å². The van der Waals surface area contributed by atoms with Crippen LogP contribution in [0, 0.1) is 0 Å². The van der Waals surface area contributed by atoms with Gasteiger partial charge in [0.05, 0.1) is 0 Å². The van der Waals surface area contributed by atoms with Crippen LogP contribution in [-0.4, -0.2) is 24.5 Å². The van der Waals surface area contributed by atoms with Gasteiger partial charge in [0.15, 0.2) is 0 Å². The van der Waals surface area contributed by atoms with Crippen LogP contribution in [0.3, 0.4) is 0 Å². The summed E-state index contributed by atoms with van der Waals surface area (Å²) in [6.07, 6.45) is 0. The van der Waals surface area contributed by atoms with Gasteiger partial charge in [0.1, 0.15) is 0 Å². The summed E-state index contributed by atoms with van der Waals surface area (Å²) in [6.45, 7) is 2.16. The molecule has 0 rings (SSSR count). The van der Waals surface area contributed by atoms with Crippen molar-refractivity contribution in [1.29, 1.82) is 0 Å². The fourth-order valence-corrected chi connectivity index (χ4v) is 0.919. The van der Waals surface area contributed by atoms with E-state index < -0.39 is 0 Å². The van der Waals surface area contributed by atoms with Crippen LogP contribution in [0.15, 0.2) is 0 Å². The summed E-state index contributed by atoms with van der Waals surface area (Å²) in [5.41, 5.74) is 0. The normalized spacial score (nSPS) is 14.0. The topological polar surface area (TPSA) is 12.0 Å². The van der Waals surface area contributed by atoms with E-state index in [0.29, 0.717) is 10.5 Å². The highest BCUT2D eigenvalue weighted by Gasteiger charge is 1.79. The summed E-state index contributed by atoms with van der Waals surface area (Å²) >= 11 is 0. The van der Waals surface area contributed by atoms with E-state index in [4.69, 9.17) is 0 Å². The minimum Gasteiger partial charge on any atom is -0.311 e. The van der Waals surface area contributed by atoms with Crippen LogP contribution < -0.4 is 5.32 Å². The first kappa shape index (κ1) is 7.18.